The fraction of sp³-hybridized carbons (Fsp3) is 1.00. The molecular weight excluding hydrogens is 182 g/mol. The third-order valence-corrected chi connectivity index (χ3v) is 2.05. The minimum absolute atomic E-state index is 0.0992. The van der Waals surface area contributed by atoms with Crippen LogP contribution in [0.15, 0.2) is 0 Å². The maximum Gasteiger partial charge on any atom is 0.469 e. The second-order valence-corrected chi connectivity index (χ2v) is 3.90. The molecule has 0 aromatic heterocycles. The fourth-order valence-corrected chi connectivity index (χ4v) is 1.40. The van der Waals surface area contributed by atoms with E-state index in [1.54, 1.807) is 0 Å². The minimum atomic E-state index is -4.36. The molecule has 2 radical (unpaired) electrons. The van der Waals surface area contributed by atoms with E-state index in [-0.39, 0.29) is 18.7 Å². The number of rotatable bonds is 3. The van der Waals surface area contributed by atoms with E-state index in [2.05, 4.69) is 4.52 Å². The molecule has 0 amide bonds. The van der Waals surface area contributed by atoms with Gasteiger partial charge < -0.3 is 14.5 Å². The van der Waals surface area contributed by atoms with E-state index < -0.39 is 7.82 Å². The van der Waals surface area contributed by atoms with Crippen LogP contribution in [0.4, 0.5) is 0 Å². The van der Waals surface area contributed by atoms with Gasteiger partial charge in [0.15, 0.2) is 0 Å². The summed E-state index contributed by atoms with van der Waals surface area (Å²) in [5.74, 6) is 0. The average molecular weight is 192 g/mol. The summed E-state index contributed by atoms with van der Waals surface area (Å²) in [6.45, 7) is -0.0992. The number of ether oxygens (including phenoxy) is 1. The zero-order chi connectivity index (χ0) is 9.19. The molecule has 1 aliphatic rings. The molecule has 2 N–H and O–H groups in total. The van der Waals surface area contributed by atoms with Crippen LogP contribution >= 0.6 is 7.82 Å². The van der Waals surface area contributed by atoms with E-state index in [1.165, 1.54) is 0 Å². The minimum Gasteiger partial charge on any atom is -0.382 e. The smallest absolute Gasteiger partial charge is 0.382 e. The van der Waals surface area contributed by atoms with Crippen LogP contribution in [0.25, 0.3) is 0 Å². The molecule has 0 saturated carbocycles. The number of hydrogen-bond acceptors (Lipinski definition) is 3. The van der Waals surface area contributed by atoms with Crippen LogP contribution in [-0.2, 0) is 13.8 Å². The molecule has 68 valence electrons. The van der Waals surface area contributed by atoms with Gasteiger partial charge in [-0.3, -0.25) is 4.52 Å². The molecule has 0 aromatic carbocycles. The second kappa shape index (κ2) is 3.90. The SMILES string of the molecule is [B][C@H]1CC[C@@H](COP(=O)(O)O)O1. The van der Waals surface area contributed by atoms with Gasteiger partial charge in [0.05, 0.1) is 12.7 Å². The Morgan fingerprint density at radius 3 is 2.67 bits per heavy atom. The maximum atomic E-state index is 10.3. The van der Waals surface area contributed by atoms with Gasteiger partial charge in [-0.25, -0.2) is 4.57 Å². The van der Waals surface area contributed by atoms with Crippen molar-refractivity contribution in [3.05, 3.63) is 0 Å². The van der Waals surface area contributed by atoms with Crippen LogP contribution < -0.4 is 0 Å². The van der Waals surface area contributed by atoms with Crippen LogP contribution in [0.1, 0.15) is 12.8 Å². The summed E-state index contributed by atoms with van der Waals surface area (Å²) in [7, 11) is 1.03. The van der Waals surface area contributed by atoms with Crippen molar-refractivity contribution in [1.29, 1.82) is 0 Å². The predicted octanol–water partition coefficient (Wildman–Crippen LogP) is -0.231. The van der Waals surface area contributed by atoms with Gasteiger partial charge in [-0.15, -0.1) is 0 Å². The lowest BCUT2D eigenvalue weighted by Crippen LogP contribution is -2.16. The van der Waals surface area contributed by atoms with Crippen LogP contribution in [0, 0.1) is 0 Å². The van der Waals surface area contributed by atoms with Gasteiger partial charge in [0.25, 0.3) is 0 Å². The Morgan fingerprint density at radius 2 is 2.25 bits per heavy atom. The first kappa shape index (κ1) is 10.2. The Labute approximate surface area is 71.7 Å². The Morgan fingerprint density at radius 1 is 1.58 bits per heavy atom. The highest BCUT2D eigenvalue weighted by molar-refractivity contribution is 7.46. The van der Waals surface area contributed by atoms with E-state index in [4.69, 9.17) is 22.4 Å². The molecule has 1 rings (SSSR count). The summed E-state index contributed by atoms with van der Waals surface area (Å²) in [4.78, 5) is 16.7. The molecule has 5 nitrogen and oxygen atoms in total. The lowest BCUT2D eigenvalue weighted by molar-refractivity contribution is 0.0403. The van der Waals surface area contributed by atoms with Crippen LogP contribution in [0.3, 0.4) is 0 Å². The Bertz CT molecular complexity index is 192. The van der Waals surface area contributed by atoms with Crippen molar-refractivity contribution in [2.45, 2.75) is 24.9 Å². The average Bonchev–Trinajstić information content (AvgIpc) is 2.30. The molecule has 7 heteroatoms. The summed E-state index contributed by atoms with van der Waals surface area (Å²) in [5, 5.41) is 0. The van der Waals surface area contributed by atoms with Crippen molar-refractivity contribution in [1.82, 2.24) is 0 Å². The number of phosphoric ester groups is 1. The predicted molar refractivity (Wildman–Crippen MR) is 41.6 cm³/mol. The van der Waals surface area contributed by atoms with Gasteiger partial charge in [0.2, 0.25) is 0 Å². The van der Waals surface area contributed by atoms with Gasteiger partial charge >= 0.3 is 7.82 Å². The highest BCUT2D eigenvalue weighted by Crippen LogP contribution is 2.36. The summed E-state index contributed by atoms with van der Waals surface area (Å²) in [5.41, 5.74) is 0. The van der Waals surface area contributed by atoms with Crippen LogP contribution in [-0.4, -0.2) is 36.3 Å². The highest BCUT2D eigenvalue weighted by atomic mass is 31.2. The monoisotopic (exact) mass is 192 g/mol. The molecule has 0 aliphatic carbocycles. The first-order valence-electron chi connectivity index (χ1n) is 3.58. The first-order chi connectivity index (χ1) is 5.47. The van der Waals surface area contributed by atoms with Crippen LogP contribution in [0.5, 0.6) is 0 Å². The summed E-state index contributed by atoms with van der Waals surface area (Å²) >= 11 is 0. The van der Waals surface area contributed by atoms with Crippen molar-refractivity contribution < 1.29 is 23.6 Å². The Balaban J connectivity index is 2.21. The van der Waals surface area contributed by atoms with Crippen molar-refractivity contribution in [3.8, 4) is 0 Å². The zero-order valence-electron chi connectivity index (χ0n) is 6.42. The molecule has 1 heterocycles. The zero-order valence-corrected chi connectivity index (χ0v) is 7.31. The van der Waals surface area contributed by atoms with E-state index >= 15 is 0 Å². The van der Waals surface area contributed by atoms with Crippen molar-refractivity contribution in [2.24, 2.45) is 0 Å². The molecule has 1 saturated heterocycles. The van der Waals surface area contributed by atoms with Crippen molar-refractivity contribution in [3.63, 3.8) is 0 Å². The fourth-order valence-electron chi connectivity index (χ4n) is 1.04. The number of phosphoric acid groups is 1. The van der Waals surface area contributed by atoms with Gasteiger partial charge in [-0.1, -0.05) is 0 Å². The quantitative estimate of drug-likeness (QED) is 0.477. The topological polar surface area (TPSA) is 76.0 Å². The van der Waals surface area contributed by atoms with E-state index in [1.807, 2.05) is 0 Å². The molecule has 0 spiro atoms. The summed E-state index contributed by atoms with van der Waals surface area (Å²) in [6, 6.07) is -0.324. The van der Waals surface area contributed by atoms with Crippen molar-refractivity contribution >= 4 is 15.7 Å². The first-order valence-corrected chi connectivity index (χ1v) is 5.11. The molecule has 0 bridgehead atoms. The Hall–Kier alpha value is 0.135. The molecule has 1 aliphatic heterocycles. The molecule has 0 aromatic rings. The summed E-state index contributed by atoms with van der Waals surface area (Å²) in [6.07, 6.45) is 1.10. The highest BCUT2D eigenvalue weighted by Gasteiger charge is 2.24. The van der Waals surface area contributed by atoms with E-state index in [0.29, 0.717) is 12.8 Å². The molecule has 0 unspecified atom stereocenters. The van der Waals surface area contributed by atoms with Gasteiger partial charge in [-0.05, 0) is 12.8 Å². The molecule has 2 atom stereocenters. The second-order valence-electron chi connectivity index (χ2n) is 2.66. The maximum absolute atomic E-state index is 10.3. The Kier molecular flexibility index (Phi) is 3.32. The molecular formula is C5H10BO5P. The van der Waals surface area contributed by atoms with Gasteiger partial charge in [0.1, 0.15) is 7.85 Å². The number of hydrogen-bond donors (Lipinski definition) is 2. The third kappa shape index (κ3) is 3.69. The van der Waals surface area contributed by atoms with Gasteiger partial charge in [-0.2, -0.15) is 0 Å². The third-order valence-electron chi connectivity index (χ3n) is 1.57. The van der Waals surface area contributed by atoms with Crippen molar-refractivity contribution in [2.75, 3.05) is 6.61 Å². The van der Waals surface area contributed by atoms with E-state index in [0.717, 1.165) is 0 Å². The van der Waals surface area contributed by atoms with Crippen LogP contribution in [0.2, 0.25) is 0 Å². The lowest BCUT2D eigenvalue weighted by Gasteiger charge is -2.11. The standard InChI is InChI=1S/C5H10BO5P/c6-5-2-1-4(11-5)3-10-12(7,8)9/h4-5H,1-3H2,(H2,7,8,9)/t4-,5+/m0/s1. The largest absolute Gasteiger partial charge is 0.469 e. The normalized spacial score (nSPS) is 30.8. The molecule has 12 heavy (non-hydrogen) atoms. The molecule has 1 fully saturated rings. The van der Waals surface area contributed by atoms with E-state index in [9.17, 15) is 4.57 Å². The van der Waals surface area contributed by atoms with Gasteiger partial charge in [0, 0.05) is 6.00 Å². The summed E-state index contributed by atoms with van der Waals surface area (Å²) < 4.78 is 19.6. The lowest BCUT2D eigenvalue weighted by atomic mass is 9.97.